The van der Waals surface area contributed by atoms with E-state index in [1.807, 2.05) is 0 Å². The van der Waals surface area contributed by atoms with E-state index in [4.69, 9.17) is 24.4 Å². The number of fused-ring (bicyclic) bond motifs is 1. The van der Waals surface area contributed by atoms with E-state index in [0.29, 0.717) is 11.5 Å². The second-order valence-corrected chi connectivity index (χ2v) is 4.98. The molecule has 20 heavy (non-hydrogen) atoms. The summed E-state index contributed by atoms with van der Waals surface area (Å²) in [5.74, 6) is -1.47. The summed E-state index contributed by atoms with van der Waals surface area (Å²) in [6.45, 7) is 2.83. The fourth-order valence-corrected chi connectivity index (χ4v) is 1.53. The molecule has 2 N–H and O–H groups in total. The van der Waals surface area contributed by atoms with E-state index in [-0.39, 0.29) is 24.7 Å². The van der Waals surface area contributed by atoms with Crippen LogP contribution < -0.4 is 14.2 Å². The number of aromatic carboxylic acids is 1. The first-order chi connectivity index (χ1) is 9.31. The first kappa shape index (κ1) is 14.0. The van der Waals surface area contributed by atoms with Gasteiger partial charge in [-0.3, -0.25) is 4.79 Å². The summed E-state index contributed by atoms with van der Waals surface area (Å²) in [4.78, 5) is 22.2. The Kier molecular flexibility index (Phi) is 3.44. The Morgan fingerprint density at radius 2 is 1.85 bits per heavy atom. The van der Waals surface area contributed by atoms with E-state index in [2.05, 4.69) is 0 Å². The summed E-state index contributed by atoms with van der Waals surface area (Å²) in [6.07, 6.45) is 0. The first-order valence-electron chi connectivity index (χ1n) is 5.84. The highest BCUT2D eigenvalue weighted by atomic mass is 16.7. The van der Waals surface area contributed by atoms with Crippen LogP contribution in [0.15, 0.2) is 12.1 Å². The second kappa shape index (κ2) is 4.92. The lowest BCUT2D eigenvalue weighted by Gasteiger charge is -2.20. The Morgan fingerprint density at radius 3 is 2.40 bits per heavy atom. The van der Waals surface area contributed by atoms with Gasteiger partial charge in [0.1, 0.15) is 17.9 Å². The van der Waals surface area contributed by atoms with Crippen molar-refractivity contribution in [3.8, 4) is 17.2 Å². The van der Waals surface area contributed by atoms with Gasteiger partial charge in [-0.15, -0.1) is 0 Å². The Morgan fingerprint density at radius 1 is 1.25 bits per heavy atom. The Hall–Kier alpha value is -2.44. The van der Waals surface area contributed by atoms with Gasteiger partial charge in [-0.25, -0.2) is 4.79 Å². The maximum absolute atomic E-state index is 11.2. The minimum Gasteiger partial charge on any atom is -0.491 e. The molecule has 0 bridgehead atoms. The van der Waals surface area contributed by atoms with Crippen LogP contribution in [0, 0.1) is 5.41 Å². The van der Waals surface area contributed by atoms with Gasteiger partial charge in [0.05, 0.1) is 5.41 Å². The van der Waals surface area contributed by atoms with Crippen molar-refractivity contribution in [2.24, 2.45) is 5.41 Å². The molecule has 0 aromatic heterocycles. The van der Waals surface area contributed by atoms with Crippen molar-refractivity contribution in [1.29, 1.82) is 0 Å². The van der Waals surface area contributed by atoms with Crippen molar-refractivity contribution in [3.05, 3.63) is 17.7 Å². The zero-order chi connectivity index (χ0) is 14.9. The molecule has 0 fully saturated rings. The predicted octanol–water partition coefficient (Wildman–Crippen LogP) is 1.60. The molecule has 2 rings (SSSR count). The normalized spacial score (nSPS) is 13.1. The van der Waals surface area contributed by atoms with Gasteiger partial charge in [0.25, 0.3) is 0 Å². The van der Waals surface area contributed by atoms with Crippen molar-refractivity contribution in [1.82, 2.24) is 0 Å². The molecule has 1 aromatic carbocycles. The minimum atomic E-state index is -1.19. The first-order valence-corrected chi connectivity index (χ1v) is 5.84. The third-order valence-corrected chi connectivity index (χ3v) is 2.87. The molecule has 0 saturated heterocycles. The summed E-state index contributed by atoms with van der Waals surface area (Å²) in [6, 6.07) is 2.69. The molecule has 0 radical (unpaired) electrons. The summed E-state index contributed by atoms with van der Waals surface area (Å²) in [7, 11) is 0. The van der Waals surface area contributed by atoms with Crippen LogP contribution in [0.4, 0.5) is 0 Å². The van der Waals surface area contributed by atoms with E-state index in [0.717, 1.165) is 0 Å². The van der Waals surface area contributed by atoms with Crippen molar-refractivity contribution in [2.75, 3.05) is 13.4 Å². The predicted molar refractivity (Wildman–Crippen MR) is 66.4 cm³/mol. The number of carboxylic acid groups (broad SMARTS) is 2. The number of hydrogen-bond donors (Lipinski definition) is 2. The maximum atomic E-state index is 11.2. The van der Waals surface area contributed by atoms with Gasteiger partial charge < -0.3 is 24.4 Å². The largest absolute Gasteiger partial charge is 0.491 e. The molecule has 0 amide bonds. The van der Waals surface area contributed by atoms with E-state index >= 15 is 0 Å². The quantitative estimate of drug-likeness (QED) is 0.845. The smallest absolute Gasteiger partial charge is 0.339 e. The fourth-order valence-electron chi connectivity index (χ4n) is 1.53. The number of ether oxygens (including phenoxy) is 3. The highest BCUT2D eigenvalue weighted by molar-refractivity contribution is 5.92. The molecule has 0 spiro atoms. The molecule has 0 saturated carbocycles. The van der Waals surface area contributed by atoms with Crippen molar-refractivity contribution >= 4 is 11.9 Å². The number of benzene rings is 1. The topological polar surface area (TPSA) is 102 Å². The number of carbonyl (C=O) groups is 2. The number of rotatable bonds is 5. The molecular formula is C13H14O7. The third kappa shape index (κ3) is 2.61. The van der Waals surface area contributed by atoms with Gasteiger partial charge in [0.15, 0.2) is 11.5 Å². The van der Waals surface area contributed by atoms with Gasteiger partial charge in [0, 0.05) is 12.1 Å². The SMILES string of the molecule is CC(C)(COc1cc2c(cc1C(=O)O)OCO2)C(=O)O. The van der Waals surface area contributed by atoms with Gasteiger partial charge >= 0.3 is 11.9 Å². The molecule has 0 aliphatic carbocycles. The summed E-state index contributed by atoms with van der Waals surface area (Å²) in [5, 5.41) is 18.2. The van der Waals surface area contributed by atoms with E-state index in [1.54, 1.807) is 0 Å². The minimum absolute atomic E-state index is 0.0124. The van der Waals surface area contributed by atoms with Crippen molar-refractivity contribution in [3.63, 3.8) is 0 Å². The van der Waals surface area contributed by atoms with E-state index < -0.39 is 17.4 Å². The van der Waals surface area contributed by atoms with Crippen LogP contribution >= 0.6 is 0 Å². The van der Waals surface area contributed by atoms with Crippen LogP contribution in [0.25, 0.3) is 0 Å². The molecule has 108 valence electrons. The average Bonchev–Trinajstić information content (AvgIpc) is 2.81. The number of hydrogen-bond acceptors (Lipinski definition) is 5. The zero-order valence-electron chi connectivity index (χ0n) is 11.0. The Labute approximate surface area is 114 Å². The molecule has 1 aliphatic rings. The van der Waals surface area contributed by atoms with Gasteiger partial charge in [-0.1, -0.05) is 0 Å². The third-order valence-electron chi connectivity index (χ3n) is 2.87. The van der Waals surface area contributed by atoms with Gasteiger partial charge in [-0.2, -0.15) is 0 Å². The lowest BCUT2D eigenvalue weighted by molar-refractivity contribution is -0.148. The van der Waals surface area contributed by atoms with Crippen molar-refractivity contribution in [2.45, 2.75) is 13.8 Å². The Bertz CT molecular complexity index is 562. The molecule has 0 unspecified atom stereocenters. The molecule has 1 heterocycles. The molecule has 7 heteroatoms. The van der Waals surface area contributed by atoms with Crippen LogP contribution in [-0.4, -0.2) is 35.6 Å². The van der Waals surface area contributed by atoms with E-state index in [9.17, 15) is 9.59 Å². The molecule has 1 aromatic rings. The lowest BCUT2D eigenvalue weighted by atomic mass is 9.95. The highest BCUT2D eigenvalue weighted by Crippen LogP contribution is 2.38. The fraction of sp³-hybridized carbons (Fsp3) is 0.385. The second-order valence-electron chi connectivity index (χ2n) is 4.98. The maximum Gasteiger partial charge on any atom is 0.339 e. The van der Waals surface area contributed by atoms with Crippen LogP contribution in [0.2, 0.25) is 0 Å². The van der Waals surface area contributed by atoms with Gasteiger partial charge in [0.2, 0.25) is 6.79 Å². The number of aliphatic carboxylic acids is 1. The average molecular weight is 282 g/mol. The summed E-state index contributed by atoms with van der Waals surface area (Å²) < 4.78 is 15.6. The molecule has 1 aliphatic heterocycles. The molecule has 0 atom stereocenters. The van der Waals surface area contributed by atoms with Crippen molar-refractivity contribution < 1.29 is 34.0 Å². The Balaban J connectivity index is 2.27. The monoisotopic (exact) mass is 282 g/mol. The standard InChI is InChI=1S/C13H14O7/c1-13(2,12(16)17)5-18-8-4-10-9(19-6-20-10)3-7(8)11(14)15/h3-4H,5-6H2,1-2H3,(H,14,15)(H,16,17). The summed E-state index contributed by atoms with van der Waals surface area (Å²) in [5.41, 5.74) is -1.23. The highest BCUT2D eigenvalue weighted by Gasteiger charge is 2.29. The van der Waals surface area contributed by atoms with Crippen LogP contribution in [0.5, 0.6) is 17.2 Å². The van der Waals surface area contributed by atoms with Crippen LogP contribution in [0.3, 0.4) is 0 Å². The molecule has 7 nitrogen and oxygen atoms in total. The molecular weight excluding hydrogens is 268 g/mol. The van der Waals surface area contributed by atoms with Crippen LogP contribution in [0.1, 0.15) is 24.2 Å². The van der Waals surface area contributed by atoms with Gasteiger partial charge in [-0.05, 0) is 13.8 Å². The number of carboxylic acids is 2. The lowest BCUT2D eigenvalue weighted by Crippen LogP contribution is -2.31. The zero-order valence-corrected chi connectivity index (χ0v) is 11.0. The summed E-state index contributed by atoms with van der Waals surface area (Å²) >= 11 is 0. The van der Waals surface area contributed by atoms with Crippen LogP contribution in [-0.2, 0) is 4.79 Å². The van der Waals surface area contributed by atoms with E-state index in [1.165, 1.54) is 26.0 Å².